The number of azo groups is 1. The standard InChI is InChI=1S/C19H24N2/c1-2-3-4-5-7-12-17-13-10-11-16-19(17)21-20-18-14-8-6-9-15-18/h6,8-11,13-16H,2-5,7,12H2,1H3. The molecule has 0 heterocycles. The molecule has 0 saturated carbocycles. The molecule has 2 aromatic rings. The lowest BCUT2D eigenvalue weighted by Gasteiger charge is -2.04. The molecule has 0 spiro atoms. The third kappa shape index (κ3) is 5.50. The lowest BCUT2D eigenvalue weighted by atomic mass is 10.0. The molecular weight excluding hydrogens is 256 g/mol. The van der Waals surface area contributed by atoms with E-state index in [1.165, 1.54) is 37.7 Å². The molecule has 0 radical (unpaired) electrons. The summed E-state index contributed by atoms with van der Waals surface area (Å²) in [5.41, 5.74) is 3.20. The lowest BCUT2D eigenvalue weighted by molar-refractivity contribution is 0.632. The molecule has 2 heteroatoms. The summed E-state index contributed by atoms with van der Waals surface area (Å²) in [6.45, 7) is 2.25. The van der Waals surface area contributed by atoms with Crippen molar-refractivity contribution in [1.29, 1.82) is 0 Å². The molecule has 110 valence electrons. The maximum Gasteiger partial charge on any atom is 0.0889 e. The Morgan fingerprint density at radius 3 is 2.24 bits per heavy atom. The Morgan fingerprint density at radius 2 is 1.43 bits per heavy atom. The van der Waals surface area contributed by atoms with Crippen LogP contribution in [0.25, 0.3) is 0 Å². The Bertz CT molecular complexity index is 547. The fourth-order valence-electron chi connectivity index (χ4n) is 2.35. The molecule has 0 aliphatic rings. The van der Waals surface area contributed by atoms with Crippen LogP contribution in [-0.4, -0.2) is 0 Å². The van der Waals surface area contributed by atoms with Gasteiger partial charge in [0.1, 0.15) is 0 Å². The van der Waals surface area contributed by atoms with E-state index in [2.05, 4.69) is 29.3 Å². The summed E-state index contributed by atoms with van der Waals surface area (Å²) in [6, 6.07) is 18.2. The number of hydrogen-bond donors (Lipinski definition) is 0. The fraction of sp³-hybridized carbons (Fsp3) is 0.368. The topological polar surface area (TPSA) is 24.7 Å². The highest BCUT2D eigenvalue weighted by atomic mass is 15.1. The monoisotopic (exact) mass is 280 g/mol. The van der Waals surface area contributed by atoms with Crippen molar-refractivity contribution in [1.82, 2.24) is 0 Å². The van der Waals surface area contributed by atoms with Crippen LogP contribution in [-0.2, 0) is 6.42 Å². The highest BCUT2D eigenvalue weighted by molar-refractivity contribution is 5.46. The van der Waals surface area contributed by atoms with Gasteiger partial charge in [0.25, 0.3) is 0 Å². The van der Waals surface area contributed by atoms with Crippen molar-refractivity contribution in [2.75, 3.05) is 0 Å². The molecule has 0 aliphatic heterocycles. The molecule has 0 saturated heterocycles. The van der Waals surface area contributed by atoms with Crippen LogP contribution in [0, 0.1) is 0 Å². The van der Waals surface area contributed by atoms with Crippen LogP contribution in [0.4, 0.5) is 11.4 Å². The van der Waals surface area contributed by atoms with Gasteiger partial charge in [0.05, 0.1) is 11.4 Å². The minimum absolute atomic E-state index is 0.898. The Hall–Kier alpha value is -1.96. The van der Waals surface area contributed by atoms with E-state index in [9.17, 15) is 0 Å². The minimum atomic E-state index is 0.898. The number of benzene rings is 2. The van der Waals surface area contributed by atoms with Gasteiger partial charge in [0.2, 0.25) is 0 Å². The highest BCUT2D eigenvalue weighted by Crippen LogP contribution is 2.23. The van der Waals surface area contributed by atoms with Gasteiger partial charge in [-0.05, 0) is 36.6 Å². The SMILES string of the molecule is CCCCCCCc1ccccc1N=Nc1ccccc1. The van der Waals surface area contributed by atoms with E-state index in [1.807, 2.05) is 42.5 Å². The second-order valence-corrected chi connectivity index (χ2v) is 5.33. The average molecular weight is 280 g/mol. The van der Waals surface area contributed by atoms with Gasteiger partial charge >= 0.3 is 0 Å². The highest BCUT2D eigenvalue weighted by Gasteiger charge is 2.00. The number of hydrogen-bond acceptors (Lipinski definition) is 2. The van der Waals surface area contributed by atoms with Crippen molar-refractivity contribution >= 4 is 11.4 Å². The second kappa shape index (κ2) is 9.06. The third-order valence-corrected chi connectivity index (χ3v) is 3.57. The Balaban J connectivity index is 1.95. The fourth-order valence-corrected chi connectivity index (χ4v) is 2.35. The van der Waals surface area contributed by atoms with Crippen molar-refractivity contribution in [3.8, 4) is 0 Å². The molecular formula is C19H24N2. The van der Waals surface area contributed by atoms with Crippen molar-refractivity contribution in [2.45, 2.75) is 45.4 Å². The van der Waals surface area contributed by atoms with Crippen LogP contribution in [0.3, 0.4) is 0 Å². The molecule has 0 fully saturated rings. The summed E-state index contributed by atoms with van der Waals surface area (Å²) in [7, 11) is 0. The molecule has 21 heavy (non-hydrogen) atoms. The molecule has 0 aromatic heterocycles. The van der Waals surface area contributed by atoms with Crippen molar-refractivity contribution in [3.05, 3.63) is 60.2 Å². The smallest absolute Gasteiger partial charge is 0.0889 e. The maximum atomic E-state index is 4.42. The summed E-state index contributed by atoms with van der Waals surface area (Å²) in [5.74, 6) is 0. The lowest BCUT2D eigenvalue weighted by Crippen LogP contribution is -1.86. The van der Waals surface area contributed by atoms with Gasteiger partial charge < -0.3 is 0 Å². The van der Waals surface area contributed by atoms with Gasteiger partial charge in [-0.1, -0.05) is 69.0 Å². The molecule has 0 bridgehead atoms. The second-order valence-electron chi connectivity index (χ2n) is 5.33. The quantitative estimate of drug-likeness (QED) is 0.383. The van der Waals surface area contributed by atoms with Crippen LogP contribution in [0.5, 0.6) is 0 Å². The van der Waals surface area contributed by atoms with Crippen molar-refractivity contribution < 1.29 is 0 Å². The van der Waals surface area contributed by atoms with Crippen LogP contribution >= 0.6 is 0 Å². The molecule has 0 N–H and O–H groups in total. The van der Waals surface area contributed by atoms with Crippen molar-refractivity contribution in [3.63, 3.8) is 0 Å². The average Bonchev–Trinajstić information content (AvgIpc) is 2.55. The summed E-state index contributed by atoms with van der Waals surface area (Å²) in [6.07, 6.45) is 7.60. The minimum Gasteiger partial charge on any atom is -0.151 e. The zero-order valence-corrected chi connectivity index (χ0v) is 12.8. The van der Waals surface area contributed by atoms with E-state index in [-0.39, 0.29) is 0 Å². The number of unbranched alkanes of at least 4 members (excludes halogenated alkanes) is 4. The first-order chi connectivity index (χ1) is 10.4. The molecule has 0 amide bonds. The summed E-state index contributed by atoms with van der Waals surface area (Å²) in [4.78, 5) is 0. The molecule has 2 rings (SSSR count). The molecule has 2 nitrogen and oxygen atoms in total. The zero-order chi connectivity index (χ0) is 14.8. The van der Waals surface area contributed by atoms with E-state index in [0.717, 1.165) is 17.8 Å². The largest absolute Gasteiger partial charge is 0.151 e. The Morgan fingerprint density at radius 1 is 0.714 bits per heavy atom. The maximum absolute atomic E-state index is 4.42. The van der Waals surface area contributed by atoms with E-state index < -0.39 is 0 Å². The molecule has 0 unspecified atom stereocenters. The van der Waals surface area contributed by atoms with Crippen LogP contribution in [0.2, 0.25) is 0 Å². The first-order valence-electron chi connectivity index (χ1n) is 7.95. The summed E-state index contributed by atoms with van der Waals surface area (Å²) >= 11 is 0. The normalized spacial score (nSPS) is 11.1. The Kier molecular flexibility index (Phi) is 6.66. The van der Waals surface area contributed by atoms with Crippen LogP contribution in [0.15, 0.2) is 64.8 Å². The summed E-state index contributed by atoms with van der Waals surface area (Å²) < 4.78 is 0. The molecule has 0 aliphatic carbocycles. The van der Waals surface area contributed by atoms with Gasteiger partial charge in [0.15, 0.2) is 0 Å². The summed E-state index contributed by atoms with van der Waals surface area (Å²) in [5, 5.41) is 8.74. The number of aryl methyl sites for hydroxylation is 1. The zero-order valence-electron chi connectivity index (χ0n) is 12.8. The first-order valence-corrected chi connectivity index (χ1v) is 7.95. The predicted molar refractivity (Wildman–Crippen MR) is 89.5 cm³/mol. The molecule has 0 atom stereocenters. The van der Waals surface area contributed by atoms with Crippen molar-refractivity contribution in [2.24, 2.45) is 10.2 Å². The molecule has 2 aromatic carbocycles. The van der Waals surface area contributed by atoms with Crippen LogP contribution in [0.1, 0.15) is 44.6 Å². The number of nitrogens with zero attached hydrogens (tertiary/aromatic N) is 2. The first kappa shape index (κ1) is 15.4. The van der Waals surface area contributed by atoms with Gasteiger partial charge in [-0.25, -0.2) is 0 Å². The number of rotatable bonds is 8. The van der Waals surface area contributed by atoms with E-state index in [4.69, 9.17) is 0 Å². The van der Waals surface area contributed by atoms with E-state index >= 15 is 0 Å². The van der Waals surface area contributed by atoms with Gasteiger partial charge in [0, 0.05) is 0 Å². The van der Waals surface area contributed by atoms with Gasteiger partial charge in [-0.3, -0.25) is 0 Å². The predicted octanol–water partition coefficient (Wildman–Crippen LogP) is 6.61. The van der Waals surface area contributed by atoms with Gasteiger partial charge in [-0.15, -0.1) is 0 Å². The third-order valence-electron chi connectivity index (χ3n) is 3.57. The van der Waals surface area contributed by atoms with Gasteiger partial charge in [-0.2, -0.15) is 10.2 Å². The van der Waals surface area contributed by atoms with E-state index in [0.29, 0.717) is 0 Å². The Labute approximate surface area is 127 Å². The van der Waals surface area contributed by atoms with E-state index in [1.54, 1.807) is 0 Å². The van der Waals surface area contributed by atoms with Crippen LogP contribution < -0.4 is 0 Å².